The van der Waals surface area contributed by atoms with E-state index < -0.39 is 4.92 Å². The summed E-state index contributed by atoms with van der Waals surface area (Å²) in [7, 11) is 1.38. The molecule has 2 rings (SSSR count). The lowest BCUT2D eigenvalue weighted by molar-refractivity contribution is -0.384. The largest absolute Gasteiger partial charge is 0.494 e. The lowest BCUT2D eigenvalue weighted by Gasteiger charge is -2.12. The fourth-order valence-corrected chi connectivity index (χ4v) is 2.36. The number of rotatable bonds is 8. The van der Waals surface area contributed by atoms with Crippen molar-refractivity contribution >= 4 is 17.3 Å². The van der Waals surface area contributed by atoms with Crippen molar-refractivity contribution in [2.75, 3.05) is 19.0 Å². The molecule has 1 atom stereocenters. The zero-order valence-electron chi connectivity index (χ0n) is 15.0. The summed E-state index contributed by atoms with van der Waals surface area (Å²) in [5.41, 5.74) is 1.45. The quantitative estimate of drug-likeness (QED) is 0.566. The normalized spacial score (nSPS) is 11.5. The van der Waals surface area contributed by atoms with Gasteiger partial charge >= 0.3 is 0 Å². The molecule has 0 spiro atoms. The van der Waals surface area contributed by atoms with E-state index in [2.05, 4.69) is 19.2 Å². The van der Waals surface area contributed by atoms with Crippen molar-refractivity contribution in [3.63, 3.8) is 0 Å². The second-order valence-corrected chi connectivity index (χ2v) is 5.86. The van der Waals surface area contributed by atoms with Crippen LogP contribution in [0.2, 0.25) is 0 Å². The lowest BCUT2D eigenvalue weighted by atomic mass is 9.99. The molecule has 2 aromatic carbocycles. The maximum atomic E-state index is 12.1. The van der Waals surface area contributed by atoms with Crippen LogP contribution in [0.1, 0.15) is 31.7 Å². The summed E-state index contributed by atoms with van der Waals surface area (Å²) < 4.78 is 10.6. The Bertz CT molecular complexity index is 774. The van der Waals surface area contributed by atoms with Crippen molar-refractivity contribution in [1.82, 2.24) is 0 Å². The Labute approximate surface area is 152 Å². The molecule has 138 valence electrons. The molecule has 0 saturated carbocycles. The van der Waals surface area contributed by atoms with Gasteiger partial charge in [0.05, 0.1) is 23.8 Å². The summed E-state index contributed by atoms with van der Waals surface area (Å²) in [5.74, 6) is 0.901. The number of carbonyl (C=O) groups is 1. The van der Waals surface area contributed by atoms with Gasteiger partial charge in [0.15, 0.2) is 6.61 Å². The minimum atomic E-state index is -0.527. The summed E-state index contributed by atoms with van der Waals surface area (Å²) in [4.78, 5) is 22.3. The van der Waals surface area contributed by atoms with Gasteiger partial charge in [-0.1, -0.05) is 26.0 Å². The molecule has 0 aromatic heterocycles. The first-order chi connectivity index (χ1) is 12.4. The van der Waals surface area contributed by atoms with Gasteiger partial charge in [0.2, 0.25) is 0 Å². The summed E-state index contributed by atoms with van der Waals surface area (Å²) in [6.45, 7) is 4.11. The number of hydrogen-bond donors (Lipinski definition) is 1. The van der Waals surface area contributed by atoms with Crippen molar-refractivity contribution in [2.24, 2.45) is 0 Å². The molecule has 0 aliphatic rings. The van der Waals surface area contributed by atoms with Crippen LogP contribution < -0.4 is 14.8 Å². The number of nitro groups is 1. The molecule has 0 aliphatic carbocycles. The Kier molecular flexibility index (Phi) is 6.54. The minimum absolute atomic E-state index is 0.113. The fraction of sp³-hybridized carbons (Fsp3) is 0.316. The Morgan fingerprint density at radius 2 is 1.92 bits per heavy atom. The number of anilines is 1. The molecule has 7 heteroatoms. The van der Waals surface area contributed by atoms with E-state index in [0.717, 1.165) is 6.42 Å². The van der Waals surface area contributed by atoms with E-state index in [1.54, 1.807) is 0 Å². The summed E-state index contributed by atoms with van der Waals surface area (Å²) >= 11 is 0. The maximum Gasteiger partial charge on any atom is 0.273 e. The summed E-state index contributed by atoms with van der Waals surface area (Å²) in [6.07, 6.45) is 1.06. The first-order valence-electron chi connectivity index (χ1n) is 8.29. The number of ether oxygens (including phenoxy) is 2. The van der Waals surface area contributed by atoms with Gasteiger partial charge in [0, 0.05) is 6.07 Å². The van der Waals surface area contributed by atoms with E-state index in [1.807, 2.05) is 24.3 Å². The average Bonchev–Trinajstić information content (AvgIpc) is 2.66. The van der Waals surface area contributed by atoms with E-state index in [4.69, 9.17) is 9.47 Å². The van der Waals surface area contributed by atoms with E-state index in [-0.39, 0.29) is 24.0 Å². The van der Waals surface area contributed by atoms with Crippen LogP contribution in [0.15, 0.2) is 42.5 Å². The van der Waals surface area contributed by atoms with Crippen LogP contribution in [0.3, 0.4) is 0 Å². The maximum absolute atomic E-state index is 12.1. The molecular formula is C19H22N2O5. The number of benzene rings is 2. The Morgan fingerprint density at radius 1 is 1.23 bits per heavy atom. The molecule has 0 heterocycles. The van der Waals surface area contributed by atoms with Crippen molar-refractivity contribution in [3.05, 3.63) is 58.1 Å². The highest BCUT2D eigenvalue weighted by molar-refractivity contribution is 5.93. The molecular weight excluding hydrogens is 336 g/mol. The van der Waals surface area contributed by atoms with Crippen LogP contribution in [0.4, 0.5) is 11.4 Å². The first-order valence-corrected chi connectivity index (χ1v) is 8.29. The highest BCUT2D eigenvalue weighted by Gasteiger charge is 2.13. The number of methoxy groups -OCH3 is 1. The van der Waals surface area contributed by atoms with Crippen molar-refractivity contribution in [2.45, 2.75) is 26.2 Å². The van der Waals surface area contributed by atoms with Crippen LogP contribution >= 0.6 is 0 Å². The van der Waals surface area contributed by atoms with Crippen LogP contribution in [0.25, 0.3) is 0 Å². The number of nitro benzene ring substituents is 1. The minimum Gasteiger partial charge on any atom is -0.494 e. The van der Waals surface area contributed by atoms with Crippen LogP contribution in [-0.2, 0) is 4.79 Å². The number of carbonyl (C=O) groups excluding carboxylic acids is 1. The number of non-ortho nitro benzene ring substituents is 1. The second-order valence-electron chi connectivity index (χ2n) is 5.86. The predicted molar refractivity (Wildman–Crippen MR) is 98.9 cm³/mol. The number of hydrogen-bond acceptors (Lipinski definition) is 5. The highest BCUT2D eigenvalue weighted by atomic mass is 16.6. The van der Waals surface area contributed by atoms with Crippen molar-refractivity contribution < 1.29 is 19.2 Å². The first kappa shape index (κ1) is 19.2. The summed E-state index contributed by atoms with van der Waals surface area (Å²) in [6, 6.07) is 11.6. The summed E-state index contributed by atoms with van der Waals surface area (Å²) in [5, 5.41) is 13.4. The van der Waals surface area contributed by atoms with Gasteiger partial charge in [-0.25, -0.2) is 0 Å². The molecule has 1 amide bonds. The molecule has 0 unspecified atom stereocenters. The van der Waals surface area contributed by atoms with Crippen LogP contribution in [0.5, 0.6) is 11.5 Å². The third kappa shape index (κ3) is 4.95. The molecule has 26 heavy (non-hydrogen) atoms. The van der Waals surface area contributed by atoms with Gasteiger partial charge in [-0.3, -0.25) is 14.9 Å². The SMILES string of the molecule is CC[C@H](C)c1ccc(OCC(=O)Nc2ccc([N+](=O)[O-])cc2OC)cc1. The lowest BCUT2D eigenvalue weighted by Crippen LogP contribution is -2.20. The monoisotopic (exact) mass is 358 g/mol. The molecule has 0 bridgehead atoms. The Hall–Kier alpha value is -3.09. The predicted octanol–water partition coefficient (Wildman–Crippen LogP) is 4.13. The van der Waals surface area contributed by atoms with Gasteiger partial charge in [-0.05, 0) is 36.1 Å². The van der Waals surface area contributed by atoms with Crippen LogP contribution in [-0.4, -0.2) is 24.5 Å². The van der Waals surface area contributed by atoms with Gasteiger partial charge in [-0.15, -0.1) is 0 Å². The van der Waals surface area contributed by atoms with E-state index >= 15 is 0 Å². The molecule has 1 N–H and O–H groups in total. The van der Waals surface area contributed by atoms with Gasteiger partial charge < -0.3 is 14.8 Å². The number of nitrogens with one attached hydrogen (secondary N) is 1. The molecule has 2 aromatic rings. The zero-order chi connectivity index (χ0) is 19.1. The molecule has 0 aliphatic heterocycles. The molecule has 0 fully saturated rings. The van der Waals surface area contributed by atoms with Gasteiger partial charge in [-0.2, -0.15) is 0 Å². The molecule has 0 saturated heterocycles. The molecule has 7 nitrogen and oxygen atoms in total. The topological polar surface area (TPSA) is 90.7 Å². The highest BCUT2D eigenvalue weighted by Crippen LogP contribution is 2.29. The zero-order valence-corrected chi connectivity index (χ0v) is 15.0. The number of amides is 1. The third-order valence-corrected chi connectivity index (χ3v) is 4.10. The Balaban J connectivity index is 1.95. The number of nitrogens with zero attached hydrogens (tertiary/aromatic N) is 1. The van der Waals surface area contributed by atoms with Crippen molar-refractivity contribution in [3.8, 4) is 11.5 Å². The standard InChI is InChI=1S/C19H22N2O5/c1-4-13(2)14-5-8-16(9-6-14)26-12-19(22)20-17-10-7-15(21(23)24)11-18(17)25-3/h5-11,13H,4,12H2,1-3H3,(H,20,22)/t13-/m0/s1. The fourth-order valence-electron chi connectivity index (χ4n) is 2.36. The smallest absolute Gasteiger partial charge is 0.273 e. The second kappa shape index (κ2) is 8.84. The Morgan fingerprint density at radius 3 is 2.50 bits per heavy atom. The molecule has 0 radical (unpaired) electrons. The van der Waals surface area contributed by atoms with E-state index in [1.165, 1.54) is 30.9 Å². The van der Waals surface area contributed by atoms with E-state index in [9.17, 15) is 14.9 Å². The van der Waals surface area contributed by atoms with Gasteiger partial charge in [0.1, 0.15) is 11.5 Å². The third-order valence-electron chi connectivity index (χ3n) is 4.10. The van der Waals surface area contributed by atoms with Crippen molar-refractivity contribution in [1.29, 1.82) is 0 Å². The van der Waals surface area contributed by atoms with E-state index in [0.29, 0.717) is 17.4 Å². The van der Waals surface area contributed by atoms with Crippen LogP contribution in [0, 0.1) is 10.1 Å². The average molecular weight is 358 g/mol. The van der Waals surface area contributed by atoms with Gasteiger partial charge in [0.25, 0.3) is 11.6 Å².